The summed E-state index contributed by atoms with van der Waals surface area (Å²) in [5.41, 5.74) is -4.46. The van der Waals surface area contributed by atoms with Crippen molar-refractivity contribution in [2.24, 2.45) is 29.1 Å². The number of aliphatic hydroxyl groups excluding tert-OH is 1. The number of ether oxygens (including phenoxy) is 2. The van der Waals surface area contributed by atoms with Gasteiger partial charge in [0.05, 0.1) is 12.2 Å². The second-order valence-electron chi connectivity index (χ2n) is 14.1. The number of ketones is 1. The molecule has 0 aromatic rings. The molecule has 4 aliphatic carbocycles. The Morgan fingerprint density at radius 3 is 2.30 bits per heavy atom. The second kappa shape index (κ2) is 12.2. The van der Waals surface area contributed by atoms with Crippen molar-refractivity contribution in [2.45, 2.75) is 129 Å². The summed E-state index contributed by atoms with van der Waals surface area (Å²) < 4.78 is 12.6. The van der Waals surface area contributed by atoms with E-state index in [2.05, 4.69) is 6.92 Å². The average molecular weight is 601 g/mol. The number of carbonyl (C=O) groups is 3. The highest BCUT2D eigenvalue weighted by Crippen LogP contribution is 2.77. The highest BCUT2D eigenvalue weighted by molar-refractivity contribution is 6.04. The van der Waals surface area contributed by atoms with E-state index in [9.17, 15) is 29.7 Å². The number of rotatable bonds is 12. The van der Waals surface area contributed by atoms with Crippen LogP contribution in [0.2, 0.25) is 0 Å². The standard InChI is InChI=1S/C35H52O8/c1-8-10-11-12-13-14-15-16-27(37)43-35-28(32(35,6)7)25-18-24(20-36)19-33(40)26(17-22(4)29(33)38)34(25,41)23(5)30(35)42-31(39)21(3)9-2/h9,17-18,23,25-26,28,30,36,40-41H,8,10-16,19-20H2,1-7H3/b21-9+/t23-,25+,26-,28+,30-,33-,34-,35-/m1/s1. The first kappa shape index (κ1) is 33.6. The van der Waals surface area contributed by atoms with E-state index in [4.69, 9.17) is 9.47 Å². The maximum Gasteiger partial charge on any atom is 0.333 e. The fourth-order valence-electron chi connectivity index (χ4n) is 8.62. The Bertz CT molecular complexity index is 1210. The van der Waals surface area contributed by atoms with Crippen LogP contribution in [0.25, 0.3) is 0 Å². The van der Waals surface area contributed by atoms with Crippen LogP contribution in [0.1, 0.15) is 106 Å². The van der Waals surface area contributed by atoms with Gasteiger partial charge in [0.25, 0.3) is 0 Å². The molecule has 2 fully saturated rings. The fraction of sp³-hybridized carbons (Fsp3) is 0.743. The summed E-state index contributed by atoms with van der Waals surface area (Å²) in [5.74, 6) is -4.44. The van der Waals surface area contributed by atoms with Gasteiger partial charge < -0.3 is 24.8 Å². The molecule has 8 nitrogen and oxygen atoms in total. The van der Waals surface area contributed by atoms with Crippen LogP contribution >= 0.6 is 0 Å². The molecule has 2 saturated carbocycles. The number of Topliss-reactive ketones (excluding diaryl/α,β-unsaturated/α-hetero) is 1. The molecule has 0 heterocycles. The quantitative estimate of drug-likeness (QED) is 0.122. The maximum absolute atomic E-state index is 13.5. The fourth-order valence-corrected chi connectivity index (χ4v) is 8.62. The lowest BCUT2D eigenvalue weighted by Crippen LogP contribution is -2.66. The molecule has 0 amide bonds. The lowest BCUT2D eigenvalue weighted by Gasteiger charge is -2.53. The molecule has 0 aliphatic heterocycles. The molecule has 4 rings (SSSR count). The minimum atomic E-state index is -1.95. The molecule has 240 valence electrons. The van der Waals surface area contributed by atoms with Crippen molar-refractivity contribution < 1.29 is 39.2 Å². The molecule has 8 heteroatoms. The Balaban J connectivity index is 1.73. The third kappa shape index (κ3) is 5.25. The largest absolute Gasteiger partial charge is 0.454 e. The Morgan fingerprint density at radius 2 is 1.70 bits per heavy atom. The molecule has 3 N–H and O–H groups in total. The number of allylic oxidation sites excluding steroid dienone is 1. The van der Waals surface area contributed by atoms with E-state index in [0.717, 1.165) is 19.3 Å². The molecule has 43 heavy (non-hydrogen) atoms. The van der Waals surface area contributed by atoms with Gasteiger partial charge in [0.1, 0.15) is 11.7 Å². The number of carbonyl (C=O) groups excluding carboxylic acids is 3. The maximum atomic E-state index is 13.5. The number of hydrogen-bond acceptors (Lipinski definition) is 8. The monoisotopic (exact) mass is 600 g/mol. The Morgan fingerprint density at radius 1 is 1.07 bits per heavy atom. The molecule has 0 aromatic heterocycles. The molecule has 0 bridgehead atoms. The van der Waals surface area contributed by atoms with Crippen molar-refractivity contribution in [3.05, 3.63) is 34.9 Å². The Hall–Kier alpha value is -2.29. The molecule has 0 saturated heterocycles. The summed E-state index contributed by atoms with van der Waals surface area (Å²) in [4.78, 5) is 40.0. The van der Waals surface area contributed by atoms with E-state index in [1.807, 2.05) is 13.8 Å². The van der Waals surface area contributed by atoms with Gasteiger partial charge in [-0.3, -0.25) is 9.59 Å². The first-order chi connectivity index (χ1) is 20.2. The highest BCUT2D eigenvalue weighted by Gasteiger charge is 2.88. The molecule has 0 radical (unpaired) electrons. The van der Waals surface area contributed by atoms with Gasteiger partial charge in [-0.15, -0.1) is 0 Å². The van der Waals surface area contributed by atoms with Gasteiger partial charge in [-0.05, 0) is 38.3 Å². The molecule has 0 spiro atoms. The first-order valence-electron chi connectivity index (χ1n) is 16.2. The van der Waals surface area contributed by atoms with Gasteiger partial charge in [0.2, 0.25) is 0 Å². The SMILES string of the molecule is C/C=C(\C)C(=O)O[C@@H]1[C@@H](C)[C@@]2(O)[C@@H](C=C(CO)C[C@]3(O)C(=O)C(C)=C[C@@H]23)[C@H]2C(C)(C)[C@]12OC(=O)CCCCCCCCC. The summed E-state index contributed by atoms with van der Waals surface area (Å²) in [6.07, 6.45) is 11.6. The predicted octanol–water partition coefficient (Wildman–Crippen LogP) is 5.14. The van der Waals surface area contributed by atoms with Crippen LogP contribution in [-0.4, -0.2) is 62.6 Å². The summed E-state index contributed by atoms with van der Waals surface area (Å²) in [5, 5.41) is 35.0. The van der Waals surface area contributed by atoms with Gasteiger partial charge in [-0.2, -0.15) is 0 Å². The number of fused-ring (bicyclic) bond motifs is 5. The summed E-state index contributed by atoms with van der Waals surface area (Å²) in [6.45, 7) is 12.4. The second-order valence-corrected chi connectivity index (χ2v) is 14.1. The number of aliphatic hydroxyl groups is 3. The Kier molecular flexibility index (Phi) is 9.57. The van der Waals surface area contributed by atoms with E-state index < -0.39 is 63.7 Å². The topological polar surface area (TPSA) is 130 Å². The lowest BCUT2D eigenvalue weighted by atomic mass is 9.59. The first-order valence-corrected chi connectivity index (χ1v) is 16.2. The molecule has 4 aliphatic rings. The predicted molar refractivity (Wildman–Crippen MR) is 163 cm³/mol. The molecular formula is C35H52O8. The zero-order valence-electron chi connectivity index (χ0n) is 27.1. The van der Waals surface area contributed by atoms with Crippen LogP contribution in [0.3, 0.4) is 0 Å². The third-order valence-electron chi connectivity index (χ3n) is 11.2. The van der Waals surface area contributed by atoms with Crippen LogP contribution in [0.5, 0.6) is 0 Å². The van der Waals surface area contributed by atoms with Crippen molar-refractivity contribution in [3.8, 4) is 0 Å². The molecule has 0 unspecified atom stereocenters. The van der Waals surface area contributed by atoms with Crippen LogP contribution in [-0.2, 0) is 23.9 Å². The van der Waals surface area contributed by atoms with Crippen molar-refractivity contribution in [2.75, 3.05) is 6.61 Å². The average Bonchev–Trinajstić information content (AvgIpc) is 3.39. The zero-order chi connectivity index (χ0) is 32.0. The summed E-state index contributed by atoms with van der Waals surface area (Å²) in [6, 6.07) is 0. The van der Waals surface area contributed by atoms with Gasteiger partial charge in [0.15, 0.2) is 11.4 Å². The van der Waals surface area contributed by atoms with E-state index in [0.29, 0.717) is 23.1 Å². The van der Waals surface area contributed by atoms with Crippen molar-refractivity contribution >= 4 is 17.7 Å². The summed E-state index contributed by atoms with van der Waals surface area (Å²) in [7, 11) is 0. The molecule has 0 aromatic carbocycles. The molecule has 8 atom stereocenters. The van der Waals surface area contributed by atoms with E-state index in [1.165, 1.54) is 19.3 Å². The minimum Gasteiger partial charge on any atom is -0.454 e. The van der Waals surface area contributed by atoms with E-state index in [1.54, 1.807) is 45.9 Å². The van der Waals surface area contributed by atoms with Gasteiger partial charge in [0, 0.05) is 47.5 Å². The van der Waals surface area contributed by atoms with Crippen molar-refractivity contribution in [1.82, 2.24) is 0 Å². The van der Waals surface area contributed by atoms with Crippen molar-refractivity contribution in [3.63, 3.8) is 0 Å². The van der Waals surface area contributed by atoms with Crippen LogP contribution in [0.15, 0.2) is 34.9 Å². The number of hydrogen-bond donors (Lipinski definition) is 3. The van der Waals surface area contributed by atoms with Gasteiger partial charge in [-0.1, -0.05) is 84.4 Å². The zero-order valence-corrected chi connectivity index (χ0v) is 27.1. The Labute approximate surface area is 256 Å². The van der Waals surface area contributed by atoms with Gasteiger partial charge >= 0.3 is 11.9 Å². The third-order valence-corrected chi connectivity index (χ3v) is 11.2. The number of esters is 2. The van der Waals surface area contributed by atoms with Crippen molar-refractivity contribution in [1.29, 1.82) is 0 Å². The highest BCUT2D eigenvalue weighted by atomic mass is 16.6. The smallest absolute Gasteiger partial charge is 0.333 e. The van der Waals surface area contributed by atoms with Crippen LogP contribution in [0, 0.1) is 29.1 Å². The molecular weight excluding hydrogens is 548 g/mol. The van der Waals surface area contributed by atoms with E-state index >= 15 is 0 Å². The van der Waals surface area contributed by atoms with Crippen LogP contribution in [0.4, 0.5) is 0 Å². The van der Waals surface area contributed by atoms with Crippen LogP contribution < -0.4 is 0 Å². The minimum absolute atomic E-state index is 0.118. The van der Waals surface area contributed by atoms with E-state index in [-0.39, 0.29) is 25.4 Å². The number of unbranched alkanes of at least 4 members (excludes halogenated alkanes) is 6. The van der Waals surface area contributed by atoms with Gasteiger partial charge in [-0.25, -0.2) is 4.79 Å². The normalized spacial score (nSPS) is 37.8. The summed E-state index contributed by atoms with van der Waals surface area (Å²) >= 11 is 0. The lowest BCUT2D eigenvalue weighted by molar-refractivity contribution is -0.227.